The second kappa shape index (κ2) is 11.4. The maximum atomic E-state index is 12.7. The highest BCUT2D eigenvalue weighted by atomic mass is 16.5. The van der Waals surface area contributed by atoms with E-state index < -0.39 is 12.6 Å². The summed E-state index contributed by atoms with van der Waals surface area (Å²) < 4.78 is 17.6. The summed E-state index contributed by atoms with van der Waals surface area (Å²) in [4.78, 5) is 23.4. The fourth-order valence-corrected chi connectivity index (χ4v) is 3.20. The molecule has 0 fully saturated rings. The minimum absolute atomic E-state index is 0.199. The van der Waals surface area contributed by atoms with Crippen molar-refractivity contribution in [1.29, 1.82) is 0 Å². The molecule has 8 nitrogen and oxygen atoms in total. The van der Waals surface area contributed by atoms with Crippen molar-refractivity contribution in [2.75, 3.05) is 20.8 Å². The third-order valence-corrected chi connectivity index (χ3v) is 4.83. The van der Waals surface area contributed by atoms with Gasteiger partial charge in [-0.25, -0.2) is 4.79 Å². The molecule has 172 valence electrons. The zero-order valence-electron chi connectivity index (χ0n) is 18.5. The van der Waals surface area contributed by atoms with Gasteiger partial charge in [0.25, 0.3) is 5.91 Å². The van der Waals surface area contributed by atoms with Gasteiger partial charge in [-0.2, -0.15) is 0 Å². The largest absolute Gasteiger partial charge is 0.497 e. The molecule has 1 amide bonds. The Kier molecular flexibility index (Phi) is 8.13. The van der Waals surface area contributed by atoms with E-state index in [4.69, 9.17) is 19.3 Å². The van der Waals surface area contributed by atoms with Crippen molar-refractivity contribution >= 4 is 18.0 Å². The normalized spacial score (nSPS) is 10.7. The van der Waals surface area contributed by atoms with E-state index in [9.17, 15) is 9.59 Å². The number of allylic oxidation sites excluding steroid dienone is 1. The second-order valence-corrected chi connectivity index (χ2v) is 7.06. The first-order chi connectivity index (χ1) is 16.0. The second-order valence-electron chi connectivity index (χ2n) is 7.06. The Balaban J connectivity index is 1.60. The van der Waals surface area contributed by atoms with Gasteiger partial charge in [-0.3, -0.25) is 4.79 Å². The van der Waals surface area contributed by atoms with Gasteiger partial charge >= 0.3 is 5.97 Å². The van der Waals surface area contributed by atoms with E-state index in [1.54, 1.807) is 44.6 Å². The molecular formula is C25H26N2O6. The number of hydrogen-bond acceptors (Lipinski definition) is 5. The lowest BCUT2D eigenvalue weighted by molar-refractivity contribution is -0.139. The fraction of sp³-hybridized carbons (Fsp3) is 0.200. The summed E-state index contributed by atoms with van der Waals surface area (Å²) in [6.45, 7) is 0.412. The molecule has 1 aromatic heterocycles. The molecule has 0 saturated carbocycles. The average Bonchev–Trinajstić information content (AvgIpc) is 3.30. The predicted octanol–water partition coefficient (Wildman–Crippen LogP) is 3.61. The quantitative estimate of drug-likeness (QED) is 0.463. The third kappa shape index (κ3) is 6.64. The zero-order valence-corrected chi connectivity index (χ0v) is 18.5. The maximum absolute atomic E-state index is 12.7. The van der Waals surface area contributed by atoms with Crippen LogP contribution in [-0.4, -0.2) is 42.4 Å². The Hall–Kier alpha value is -4.20. The van der Waals surface area contributed by atoms with Crippen molar-refractivity contribution in [3.63, 3.8) is 0 Å². The van der Waals surface area contributed by atoms with Gasteiger partial charge in [0.2, 0.25) is 0 Å². The van der Waals surface area contributed by atoms with Crippen molar-refractivity contribution in [3.8, 4) is 17.2 Å². The summed E-state index contributed by atoms with van der Waals surface area (Å²) in [7, 11) is 3.16. The molecule has 33 heavy (non-hydrogen) atoms. The summed E-state index contributed by atoms with van der Waals surface area (Å²) in [6.07, 6.45) is 5.64. The van der Waals surface area contributed by atoms with E-state index in [1.165, 1.54) is 0 Å². The van der Waals surface area contributed by atoms with Crippen LogP contribution in [0.3, 0.4) is 0 Å². The molecular weight excluding hydrogens is 424 g/mol. The molecule has 0 bridgehead atoms. The van der Waals surface area contributed by atoms with E-state index in [1.807, 2.05) is 47.2 Å². The number of benzene rings is 2. The molecule has 0 spiro atoms. The fourth-order valence-electron chi connectivity index (χ4n) is 3.20. The molecule has 0 aliphatic heterocycles. The van der Waals surface area contributed by atoms with Gasteiger partial charge < -0.3 is 29.2 Å². The van der Waals surface area contributed by atoms with E-state index in [2.05, 4.69) is 5.32 Å². The summed E-state index contributed by atoms with van der Waals surface area (Å²) >= 11 is 0. The van der Waals surface area contributed by atoms with Gasteiger partial charge in [0.15, 0.2) is 6.61 Å². The summed E-state index contributed by atoms with van der Waals surface area (Å²) in [6, 6.07) is 16.2. The molecule has 2 N–H and O–H groups in total. The number of aliphatic carboxylic acids is 1. The zero-order chi connectivity index (χ0) is 23.6. The van der Waals surface area contributed by atoms with E-state index in [-0.39, 0.29) is 5.91 Å². The number of methoxy groups -OCH3 is 2. The molecule has 8 heteroatoms. The number of aromatic nitrogens is 1. The Labute approximate surface area is 192 Å². The number of ether oxygens (including phenoxy) is 3. The standard InChI is InChI=1S/C25H26N2O6/c1-31-20-11-10-19(23(15-20)32-2)16-26-25(30)22-9-5-13-27(22)12-4-7-18-6-3-8-21(14-18)33-17-24(28)29/h3-11,13-15H,12,16-17H2,1-2H3,(H,26,30)(H,28,29). The number of hydrogen-bond donors (Lipinski definition) is 2. The van der Waals surface area contributed by atoms with Crippen molar-refractivity contribution in [1.82, 2.24) is 9.88 Å². The Morgan fingerprint density at radius 1 is 1.03 bits per heavy atom. The maximum Gasteiger partial charge on any atom is 0.341 e. The minimum atomic E-state index is -1.03. The third-order valence-electron chi connectivity index (χ3n) is 4.83. The number of amides is 1. The van der Waals surface area contributed by atoms with Gasteiger partial charge in [-0.1, -0.05) is 24.3 Å². The van der Waals surface area contributed by atoms with Gasteiger partial charge in [-0.15, -0.1) is 0 Å². The van der Waals surface area contributed by atoms with Crippen LogP contribution >= 0.6 is 0 Å². The summed E-state index contributed by atoms with van der Waals surface area (Å²) in [5, 5.41) is 11.7. The molecule has 3 aromatic rings. The van der Waals surface area contributed by atoms with Crippen molar-refractivity contribution in [3.05, 3.63) is 83.7 Å². The summed E-state index contributed by atoms with van der Waals surface area (Å²) in [5.74, 6) is 0.578. The Morgan fingerprint density at radius 2 is 1.88 bits per heavy atom. The van der Waals surface area contributed by atoms with E-state index in [0.717, 1.165) is 11.1 Å². The number of carbonyl (C=O) groups excluding carboxylic acids is 1. The van der Waals surface area contributed by atoms with Gasteiger partial charge in [-0.05, 0) is 42.0 Å². The highest BCUT2D eigenvalue weighted by Crippen LogP contribution is 2.24. The Morgan fingerprint density at radius 3 is 2.64 bits per heavy atom. The first kappa shape index (κ1) is 23.5. The van der Waals surface area contributed by atoms with Crippen LogP contribution in [0.1, 0.15) is 21.6 Å². The lowest BCUT2D eigenvalue weighted by atomic mass is 10.2. The van der Waals surface area contributed by atoms with Crippen LogP contribution < -0.4 is 19.5 Å². The van der Waals surface area contributed by atoms with Gasteiger partial charge in [0.05, 0.1) is 14.2 Å². The van der Waals surface area contributed by atoms with Crippen LogP contribution in [-0.2, 0) is 17.9 Å². The highest BCUT2D eigenvalue weighted by Gasteiger charge is 2.12. The van der Waals surface area contributed by atoms with Crippen LogP contribution in [0, 0.1) is 0 Å². The number of carboxylic acid groups (broad SMARTS) is 1. The van der Waals surface area contributed by atoms with Crippen molar-refractivity contribution < 1.29 is 28.9 Å². The topological polar surface area (TPSA) is 99.0 Å². The predicted molar refractivity (Wildman–Crippen MR) is 124 cm³/mol. The van der Waals surface area contributed by atoms with Crippen molar-refractivity contribution in [2.45, 2.75) is 13.1 Å². The lowest BCUT2D eigenvalue weighted by Crippen LogP contribution is -2.25. The molecule has 0 aliphatic carbocycles. The molecule has 3 rings (SSSR count). The molecule has 2 aromatic carbocycles. The van der Waals surface area contributed by atoms with Gasteiger partial charge in [0, 0.05) is 30.9 Å². The van der Waals surface area contributed by atoms with Crippen LogP contribution in [0.4, 0.5) is 0 Å². The number of rotatable bonds is 11. The molecule has 0 atom stereocenters. The molecule has 0 aliphatic rings. The molecule has 1 heterocycles. The van der Waals surface area contributed by atoms with Crippen molar-refractivity contribution in [2.24, 2.45) is 0 Å². The van der Waals surface area contributed by atoms with Crippen LogP contribution in [0.5, 0.6) is 17.2 Å². The van der Waals surface area contributed by atoms with Crippen LogP contribution in [0.2, 0.25) is 0 Å². The summed E-state index contributed by atoms with van der Waals surface area (Å²) in [5.41, 5.74) is 2.24. The average molecular weight is 450 g/mol. The van der Waals surface area contributed by atoms with E-state index >= 15 is 0 Å². The number of nitrogens with one attached hydrogen (secondary N) is 1. The van der Waals surface area contributed by atoms with Gasteiger partial charge in [0.1, 0.15) is 22.9 Å². The highest BCUT2D eigenvalue weighted by molar-refractivity contribution is 5.92. The smallest absolute Gasteiger partial charge is 0.341 e. The van der Waals surface area contributed by atoms with Crippen LogP contribution in [0.15, 0.2) is 66.9 Å². The Bertz CT molecular complexity index is 1140. The van der Waals surface area contributed by atoms with Crippen LogP contribution in [0.25, 0.3) is 6.08 Å². The number of carbonyl (C=O) groups is 2. The number of carboxylic acids is 1. The first-order valence-electron chi connectivity index (χ1n) is 10.3. The van der Waals surface area contributed by atoms with E-state index in [0.29, 0.717) is 36.0 Å². The monoisotopic (exact) mass is 450 g/mol. The minimum Gasteiger partial charge on any atom is -0.497 e. The molecule has 0 unspecified atom stereocenters. The lowest BCUT2D eigenvalue weighted by Gasteiger charge is -2.12. The number of nitrogens with zero attached hydrogens (tertiary/aromatic N) is 1. The molecule has 0 radical (unpaired) electrons. The SMILES string of the molecule is COc1ccc(CNC(=O)c2cccn2CC=Cc2cccc(OCC(=O)O)c2)c(OC)c1. The molecule has 0 saturated heterocycles. The first-order valence-corrected chi connectivity index (χ1v) is 10.3.